The Morgan fingerprint density at radius 2 is 1.69 bits per heavy atom. The molecule has 230 valence electrons. The highest BCUT2D eigenvalue weighted by Gasteiger charge is 2.46. The first-order chi connectivity index (χ1) is 17.9. The molecule has 0 aromatic rings. The van der Waals surface area contributed by atoms with E-state index in [2.05, 4.69) is 32.8 Å². The Morgan fingerprint density at radius 3 is 2.26 bits per heavy atom. The van der Waals surface area contributed by atoms with Gasteiger partial charge < -0.3 is 39.3 Å². The summed E-state index contributed by atoms with van der Waals surface area (Å²) in [5.74, 6) is -1.04. The lowest BCUT2D eigenvalue weighted by molar-refractivity contribution is -0.261. The van der Waals surface area contributed by atoms with E-state index < -0.39 is 53.7 Å². The molecule has 0 saturated carbocycles. The molecule has 0 bridgehead atoms. The van der Waals surface area contributed by atoms with Crippen LogP contribution in [0.25, 0.3) is 0 Å². The summed E-state index contributed by atoms with van der Waals surface area (Å²) in [7, 11) is 6.03. The highest BCUT2D eigenvalue weighted by Crippen LogP contribution is 2.36. The van der Waals surface area contributed by atoms with Crippen LogP contribution in [0.5, 0.6) is 0 Å². The summed E-state index contributed by atoms with van der Waals surface area (Å²) >= 11 is 0. The second-order valence-corrected chi connectivity index (χ2v) is 13.5. The van der Waals surface area contributed by atoms with Crippen molar-refractivity contribution < 1.29 is 34.3 Å². The Bertz CT molecular complexity index is 776. The maximum Gasteiger partial charge on any atom is 0.309 e. The van der Waals surface area contributed by atoms with Crippen molar-refractivity contribution in [3.8, 4) is 0 Å². The van der Waals surface area contributed by atoms with Gasteiger partial charge in [-0.3, -0.25) is 4.79 Å². The van der Waals surface area contributed by atoms with E-state index >= 15 is 0 Å². The molecule has 2 aliphatic rings. The molecule has 0 amide bonds. The number of cyclic esters (lactones) is 1. The number of nitrogens with zero attached hydrogens (tertiary/aromatic N) is 2. The van der Waals surface area contributed by atoms with E-state index in [1.54, 1.807) is 13.8 Å². The minimum Gasteiger partial charge on any atom is -0.459 e. The van der Waals surface area contributed by atoms with Crippen molar-refractivity contribution in [1.29, 1.82) is 0 Å². The van der Waals surface area contributed by atoms with Gasteiger partial charge in [-0.25, -0.2) is 0 Å². The van der Waals surface area contributed by atoms with Gasteiger partial charge in [-0.05, 0) is 86.4 Å². The SMILES string of the molecule is CC[C@H]1OC(=O)[C@H](C)C[C@H](C)[C@@H](O[C@H]2C[C@@H](N(C)C)C[C@@H](C)O2)[C@](C)(O)C[C@@H](C)CN(C)[C@H](C)[C@@H](O)[C@]1(C)O. The van der Waals surface area contributed by atoms with Gasteiger partial charge in [0.05, 0.1) is 23.7 Å². The zero-order chi connectivity index (χ0) is 29.9. The van der Waals surface area contributed by atoms with Gasteiger partial charge in [-0.2, -0.15) is 0 Å². The third-order valence-corrected chi connectivity index (χ3v) is 9.13. The highest BCUT2D eigenvalue weighted by molar-refractivity contribution is 5.72. The standard InChI is InChI=1S/C30H58N2O7/c1-12-24-30(8,36)26(33)22(6)32(11)17-18(2)16-29(7,35)27(19(3)13-20(4)28(34)38-24)39-25-15-23(31(9)10)14-21(5)37-25/h18-27,33,35-36H,12-17H2,1-11H3/t18-,19+,20-,21-,22-,23+,24-,25+,26-,27-,29-,30-/m1/s1. The Morgan fingerprint density at radius 1 is 1.08 bits per heavy atom. The van der Waals surface area contributed by atoms with Crippen LogP contribution < -0.4 is 0 Å². The predicted octanol–water partition coefficient (Wildman–Crippen LogP) is 3.03. The largest absolute Gasteiger partial charge is 0.459 e. The summed E-state index contributed by atoms with van der Waals surface area (Å²) < 4.78 is 18.6. The fraction of sp³-hybridized carbons (Fsp3) is 0.967. The number of esters is 1. The lowest BCUT2D eigenvalue weighted by atomic mass is 9.79. The summed E-state index contributed by atoms with van der Waals surface area (Å²) in [6.07, 6.45) is -0.107. The van der Waals surface area contributed by atoms with Crippen LogP contribution in [0, 0.1) is 17.8 Å². The van der Waals surface area contributed by atoms with Crippen LogP contribution in [-0.4, -0.2) is 113 Å². The normalized spacial score (nSPS) is 46.4. The third-order valence-electron chi connectivity index (χ3n) is 9.13. The highest BCUT2D eigenvalue weighted by atomic mass is 16.7. The van der Waals surface area contributed by atoms with Gasteiger partial charge in [0.2, 0.25) is 0 Å². The Kier molecular flexibility index (Phi) is 12.3. The molecule has 12 atom stereocenters. The molecule has 0 aliphatic carbocycles. The number of rotatable bonds is 4. The smallest absolute Gasteiger partial charge is 0.309 e. The average molecular weight is 559 g/mol. The number of carbonyl (C=O) groups is 1. The van der Waals surface area contributed by atoms with Gasteiger partial charge in [-0.15, -0.1) is 0 Å². The molecule has 3 N–H and O–H groups in total. The molecule has 2 heterocycles. The first-order valence-electron chi connectivity index (χ1n) is 14.9. The van der Waals surface area contributed by atoms with Crippen LogP contribution in [0.3, 0.4) is 0 Å². The van der Waals surface area contributed by atoms with Gasteiger partial charge in [0.25, 0.3) is 0 Å². The molecule has 39 heavy (non-hydrogen) atoms. The summed E-state index contributed by atoms with van der Waals surface area (Å²) in [5.41, 5.74) is -2.82. The number of hydrogen-bond donors (Lipinski definition) is 3. The fourth-order valence-corrected chi connectivity index (χ4v) is 6.75. The van der Waals surface area contributed by atoms with Crippen molar-refractivity contribution in [3.63, 3.8) is 0 Å². The molecule has 0 radical (unpaired) electrons. The molecule has 9 heteroatoms. The van der Waals surface area contributed by atoms with Crippen molar-refractivity contribution in [2.75, 3.05) is 27.7 Å². The second-order valence-electron chi connectivity index (χ2n) is 13.5. The van der Waals surface area contributed by atoms with Gasteiger partial charge in [0.1, 0.15) is 17.8 Å². The van der Waals surface area contributed by atoms with Crippen molar-refractivity contribution in [3.05, 3.63) is 0 Å². The van der Waals surface area contributed by atoms with Gasteiger partial charge in [0.15, 0.2) is 6.29 Å². The minimum absolute atomic E-state index is 0.0341. The molecule has 0 aromatic heterocycles. The van der Waals surface area contributed by atoms with Gasteiger partial charge in [-0.1, -0.05) is 27.7 Å². The van der Waals surface area contributed by atoms with Crippen LogP contribution in [0.4, 0.5) is 0 Å². The number of hydrogen-bond acceptors (Lipinski definition) is 9. The predicted molar refractivity (Wildman–Crippen MR) is 152 cm³/mol. The summed E-state index contributed by atoms with van der Waals surface area (Å²) in [5, 5.41) is 34.4. The van der Waals surface area contributed by atoms with E-state index in [1.807, 2.05) is 39.6 Å². The number of carbonyl (C=O) groups excluding carboxylic acids is 1. The second kappa shape index (κ2) is 13.9. The van der Waals surface area contributed by atoms with Crippen LogP contribution >= 0.6 is 0 Å². The summed E-state index contributed by atoms with van der Waals surface area (Å²) in [4.78, 5) is 17.4. The first-order valence-corrected chi connectivity index (χ1v) is 14.9. The maximum atomic E-state index is 13.2. The van der Waals surface area contributed by atoms with E-state index in [0.717, 1.165) is 6.42 Å². The zero-order valence-corrected chi connectivity index (χ0v) is 26.4. The molecule has 2 fully saturated rings. The fourth-order valence-electron chi connectivity index (χ4n) is 6.75. The summed E-state index contributed by atoms with van der Waals surface area (Å²) in [6, 6.07) is -0.0943. The molecule has 0 unspecified atom stereocenters. The molecular formula is C30H58N2O7. The van der Waals surface area contributed by atoms with Crippen molar-refractivity contribution in [1.82, 2.24) is 9.80 Å². The number of ether oxygens (including phenoxy) is 3. The first kappa shape index (κ1) is 34.4. The van der Waals surface area contributed by atoms with Crippen molar-refractivity contribution >= 4 is 5.97 Å². The molecule has 0 aromatic carbocycles. The quantitative estimate of drug-likeness (QED) is 0.448. The minimum atomic E-state index is -1.62. The molecular weight excluding hydrogens is 500 g/mol. The molecule has 2 aliphatic heterocycles. The van der Waals surface area contributed by atoms with E-state index in [9.17, 15) is 20.1 Å². The lowest BCUT2D eigenvalue weighted by Crippen LogP contribution is -2.59. The average Bonchev–Trinajstić information content (AvgIpc) is 2.82. The number of aliphatic hydroxyl groups is 3. The third kappa shape index (κ3) is 8.84. The molecule has 2 rings (SSSR count). The number of likely N-dealkylation sites (N-methyl/N-ethyl adjacent to an activating group) is 1. The van der Waals surface area contributed by atoms with Crippen molar-refractivity contribution in [2.45, 2.75) is 141 Å². The van der Waals surface area contributed by atoms with Gasteiger partial charge >= 0.3 is 5.97 Å². The monoisotopic (exact) mass is 558 g/mol. The zero-order valence-electron chi connectivity index (χ0n) is 26.4. The van der Waals surface area contributed by atoms with Crippen LogP contribution in [0.2, 0.25) is 0 Å². The lowest BCUT2D eigenvalue weighted by Gasteiger charge is -2.44. The Balaban J connectivity index is 2.41. The van der Waals surface area contributed by atoms with Crippen molar-refractivity contribution in [2.24, 2.45) is 17.8 Å². The molecule has 0 spiro atoms. The van der Waals surface area contributed by atoms with E-state index in [1.165, 1.54) is 0 Å². The summed E-state index contributed by atoms with van der Waals surface area (Å²) in [6.45, 7) is 15.6. The Hall–Kier alpha value is -0.810. The van der Waals surface area contributed by atoms with Crippen LogP contribution in [0.1, 0.15) is 87.5 Å². The maximum absolute atomic E-state index is 13.2. The van der Waals surface area contributed by atoms with E-state index in [-0.39, 0.29) is 17.9 Å². The Labute approximate surface area is 237 Å². The van der Waals surface area contributed by atoms with Crippen LogP contribution in [0.15, 0.2) is 0 Å². The van der Waals surface area contributed by atoms with Gasteiger partial charge in [0, 0.05) is 25.0 Å². The molecule has 2 saturated heterocycles. The van der Waals surface area contributed by atoms with E-state index in [4.69, 9.17) is 14.2 Å². The van der Waals surface area contributed by atoms with E-state index in [0.29, 0.717) is 38.3 Å². The topological polar surface area (TPSA) is 112 Å². The number of aliphatic hydroxyl groups excluding tert-OH is 1. The molecule has 9 nitrogen and oxygen atoms in total. The van der Waals surface area contributed by atoms with Crippen LogP contribution in [-0.2, 0) is 19.0 Å².